The summed E-state index contributed by atoms with van der Waals surface area (Å²) in [6.45, 7) is 2.94. The maximum Gasteiger partial charge on any atom is 0.410 e. The summed E-state index contributed by atoms with van der Waals surface area (Å²) in [5.41, 5.74) is 2.26. The first kappa shape index (κ1) is 30.7. The highest BCUT2D eigenvalue weighted by Gasteiger charge is 2.35. The fourth-order valence-corrected chi connectivity index (χ4v) is 5.10. The van der Waals surface area contributed by atoms with E-state index < -0.39 is 28.2 Å². The predicted octanol–water partition coefficient (Wildman–Crippen LogP) is 1.20. The Morgan fingerprint density at radius 3 is 2.40 bits per heavy atom. The van der Waals surface area contributed by atoms with E-state index in [1.54, 1.807) is 31.2 Å². The van der Waals surface area contributed by atoms with Crippen LogP contribution >= 0.6 is 0 Å². The molecule has 1 aliphatic rings. The Kier molecular flexibility index (Phi) is 10.8. The van der Waals surface area contributed by atoms with Crippen molar-refractivity contribution in [2.75, 3.05) is 25.9 Å². The van der Waals surface area contributed by atoms with Crippen LogP contribution in [0, 0.1) is 5.41 Å². The number of carbonyl (C=O) groups excluding carboxylic acids is 2. The molecule has 6 N–H and O–H groups in total. The second-order valence-electron chi connectivity index (χ2n) is 9.80. The van der Waals surface area contributed by atoms with Gasteiger partial charge in [-0.1, -0.05) is 54.6 Å². The molecule has 40 heavy (non-hydrogen) atoms. The molecule has 0 bridgehead atoms. The summed E-state index contributed by atoms with van der Waals surface area (Å²) in [6.07, 6.45) is 1.14. The highest BCUT2D eigenvalue weighted by atomic mass is 32.2. The topological polar surface area (TPSA) is 181 Å². The van der Waals surface area contributed by atoms with Crippen LogP contribution in [0.25, 0.3) is 0 Å². The lowest BCUT2D eigenvalue weighted by Gasteiger charge is -2.39. The van der Waals surface area contributed by atoms with E-state index in [-0.39, 0.29) is 36.7 Å². The standard InChI is InChI=1S/C27H36N6O6S/c1-18(25(34)29-17-19-8-10-21(11-9-19)24(28)32-27(36)37)31-26(35)23-16-22(20-6-4-3-5-7-20)12-14-33(23)15-13-30-40(2,38)39/h3-11,18,22-23,30H,12-17H2,1-2H3,(H2,28,32)(H,29,34)(H,31,35)(H,36,37)/t18-,22-,23+/m0/s1. The summed E-state index contributed by atoms with van der Waals surface area (Å²) in [6, 6.07) is 15.1. The third kappa shape index (κ3) is 9.43. The fraction of sp³-hybridized carbons (Fsp3) is 0.407. The van der Waals surface area contributed by atoms with Crippen LogP contribution in [-0.2, 0) is 26.2 Å². The molecule has 1 saturated heterocycles. The average molecular weight is 573 g/mol. The number of benzene rings is 2. The number of amidine groups is 1. The van der Waals surface area contributed by atoms with Crippen LogP contribution in [0.5, 0.6) is 0 Å². The molecule has 3 rings (SSSR count). The van der Waals surface area contributed by atoms with Gasteiger partial charge in [0.15, 0.2) is 0 Å². The summed E-state index contributed by atoms with van der Waals surface area (Å²) in [4.78, 5) is 38.8. The third-order valence-corrected chi connectivity index (χ3v) is 7.47. The Morgan fingerprint density at radius 2 is 1.77 bits per heavy atom. The van der Waals surface area contributed by atoms with Crippen molar-refractivity contribution in [2.24, 2.45) is 0 Å². The van der Waals surface area contributed by atoms with Crippen LogP contribution in [0.4, 0.5) is 4.79 Å². The molecule has 0 unspecified atom stereocenters. The van der Waals surface area contributed by atoms with Gasteiger partial charge >= 0.3 is 6.09 Å². The number of likely N-dealkylation sites (tertiary alicyclic amines) is 1. The van der Waals surface area contributed by atoms with Crippen molar-refractivity contribution in [3.63, 3.8) is 0 Å². The summed E-state index contributed by atoms with van der Waals surface area (Å²) < 4.78 is 25.5. The third-order valence-electron chi connectivity index (χ3n) is 6.74. The van der Waals surface area contributed by atoms with Crippen molar-refractivity contribution < 1.29 is 27.9 Å². The first-order valence-corrected chi connectivity index (χ1v) is 14.8. The van der Waals surface area contributed by atoms with Gasteiger partial charge in [-0.05, 0) is 43.4 Å². The van der Waals surface area contributed by atoms with Crippen molar-refractivity contribution in [2.45, 2.75) is 44.3 Å². The molecular formula is C27H36N6O6S. The summed E-state index contributed by atoms with van der Waals surface area (Å²) in [7, 11) is -3.35. The van der Waals surface area contributed by atoms with Gasteiger partial charge in [0.1, 0.15) is 11.9 Å². The Morgan fingerprint density at radius 1 is 1.10 bits per heavy atom. The molecule has 0 radical (unpaired) electrons. The molecule has 1 fully saturated rings. The van der Waals surface area contributed by atoms with Gasteiger partial charge in [-0.25, -0.2) is 17.9 Å². The van der Waals surface area contributed by atoms with E-state index >= 15 is 0 Å². The maximum atomic E-state index is 13.4. The molecule has 216 valence electrons. The molecule has 2 aromatic carbocycles. The predicted molar refractivity (Wildman–Crippen MR) is 151 cm³/mol. The number of carboxylic acid groups (broad SMARTS) is 1. The number of piperidine rings is 1. The zero-order valence-electron chi connectivity index (χ0n) is 22.5. The molecule has 2 aromatic rings. The molecule has 0 saturated carbocycles. The lowest BCUT2D eigenvalue weighted by Crippen LogP contribution is -2.56. The molecule has 3 atom stereocenters. The Balaban J connectivity index is 1.59. The second-order valence-corrected chi connectivity index (χ2v) is 11.6. The van der Waals surface area contributed by atoms with E-state index in [9.17, 15) is 22.8 Å². The zero-order valence-corrected chi connectivity index (χ0v) is 23.3. The largest absolute Gasteiger partial charge is 0.465 e. The highest BCUT2D eigenvalue weighted by Crippen LogP contribution is 2.31. The molecule has 0 aliphatic carbocycles. The first-order valence-electron chi connectivity index (χ1n) is 12.9. The van der Waals surface area contributed by atoms with E-state index in [0.29, 0.717) is 25.1 Å². The minimum absolute atomic E-state index is 0.162. The Hall–Kier alpha value is -3.81. The molecule has 13 heteroatoms. The number of rotatable bonds is 11. The van der Waals surface area contributed by atoms with Gasteiger partial charge < -0.3 is 15.7 Å². The molecule has 0 spiro atoms. The second kappa shape index (κ2) is 14.0. The van der Waals surface area contributed by atoms with E-state index in [1.807, 2.05) is 40.5 Å². The highest BCUT2D eigenvalue weighted by molar-refractivity contribution is 7.88. The van der Waals surface area contributed by atoms with Crippen molar-refractivity contribution in [1.29, 1.82) is 5.41 Å². The van der Waals surface area contributed by atoms with Crippen LogP contribution in [0.3, 0.4) is 0 Å². The smallest absolute Gasteiger partial charge is 0.410 e. The lowest BCUT2D eigenvalue weighted by atomic mass is 9.85. The van der Waals surface area contributed by atoms with Gasteiger partial charge in [-0.15, -0.1) is 0 Å². The van der Waals surface area contributed by atoms with Crippen LogP contribution in [0.2, 0.25) is 0 Å². The van der Waals surface area contributed by atoms with Crippen molar-refractivity contribution in [3.8, 4) is 0 Å². The number of hydrogen-bond donors (Lipinski definition) is 6. The van der Waals surface area contributed by atoms with Crippen LogP contribution in [0.1, 0.15) is 42.4 Å². The molecule has 12 nitrogen and oxygen atoms in total. The first-order chi connectivity index (χ1) is 18.9. The quantitative estimate of drug-likeness (QED) is 0.173. The van der Waals surface area contributed by atoms with Crippen LogP contribution < -0.4 is 20.7 Å². The van der Waals surface area contributed by atoms with Crippen molar-refractivity contribution in [3.05, 3.63) is 71.3 Å². The number of amides is 3. The number of nitrogens with one attached hydrogen (secondary N) is 5. The van der Waals surface area contributed by atoms with Gasteiger partial charge in [0.05, 0.1) is 12.3 Å². The van der Waals surface area contributed by atoms with E-state index in [2.05, 4.69) is 15.4 Å². The van der Waals surface area contributed by atoms with Gasteiger partial charge in [0.25, 0.3) is 0 Å². The monoisotopic (exact) mass is 572 g/mol. The van der Waals surface area contributed by atoms with Gasteiger partial charge in [0, 0.05) is 25.2 Å². The maximum absolute atomic E-state index is 13.4. The Labute approximate surface area is 234 Å². The summed E-state index contributed by atoms with van der Waals surface area (Å²) >= 11 is 0. The Bertz CT molecular complexity index is 1300. The zero-order chi connectivity index (χ0) is 29.3. The van der Waals surface area contributed by atoms with Crippen molar-refractivity contribution >= 4 is 33.8 Å². The fourth-order valence-electron chi connectivity index (χ4n) is 4.64. The molecule has 1 heterocycles. The lowest BCUT2D eigenvalue weighted by molar-refractivity contribution is -0.132. The molecule has 1 aliphatic heterocycles. The van der Waals surface area contributed by atoms with Crippen molar-refractivity contribution in [1.82, 2.24) is 25.6 Å². The minimum atomic E-state index is -3.35. The van der Waals surface area contributed by atoms with Crippen LogP contribution in [-0.4, -0.2) is 80.1 Å². The van der Waals surface area contributed by atoms with E-state index in [1.165, 1.54) is 0 Å². The number of nitrogens with zero attached hydrogens (tertiary/aromatic N) is 1. The summed E-state index contributed by atoms with van der Waals surface area (Å²) in [5.74, 6) is -0.761. The van der Waals surface area contributed by atoms with Gasteiger partial charge in [-0.2, -0.15) is 0 Å². The number of carbonyl (C=O) groups is 3. The summed E-state index contributed by atoms with van der Waals surface area (Å²) in [5, 5.41) is 24.0. The normalized spacial score (nSPS) is 18.4. The van der Waals surface area contributed by atoms with Gasteiger partial charge in [0.2, 0.25) is 21.8 Å². The number of hydrogen-bond acceptors (Lipinski definition) is 7. The minimum Gasteiger partial charge on any atom is -0.465 e. The van der Waals surface area contributed by atoms with E-state index in [0.717, 1.165) is 23.8 Å². The average Bonchev–Trinajstić information content (AvgIpc) is 2.91. The van der Waals surface area contributed by atoms with Crippen LogP contribution in [0.15, 0.2) is 54.6 Å². The molecular weight excluding hydrogens is 536 g/mol. The van der Waals surface area contributed by atoms with Gasteiger partial charge in [-0.3, -0.25) is 25.2 Å². The SMILES string of the molecule is C[C@H](NC(=O)[C@H]1C[C@@H](c2ccccc2)CCN1CCNS(C)(=O)=O)C(=O)NCc1ccc(C(=N)NC(=O)O)cc1. The van der Waals surface area contributed by atoms with E-state index in [4.69, 9.17) is 10.5 Å². The molecule has 0 aromatic heterocycles. The molecule has 3 amide bonds. The number of sulfonamides is 1.